The lowest BCUT2D eigenvalue weighted by atomic mass is 10.4. The standard InChI is InChI=1S/C5H7N3O4S/c1-13(10,11)8-4-2-3(5(6)9)12-7-4/h2H,1H3,(H2,6,9)(H,7,8). The van der Waals surface area contributed by atoms with Crippen LogP contribution in [0.1, 0.15) is 10.6 Å². The van der Waals surface area contributed by atoms with Crippen molar-refractivity contribution in [2.45, 2.75) is 0 Å². The second-order valence-electron chi connectivity index (χ2n) is 2.31. The third-order valence-corrected chi connectivity index (χ3v) is 1.62. The summed E-state index contributed by atoms with van der Waals surface area (Å²) in [5, 5.41) is 3.26. The largest absolute Gasteiger partial charge is 0.363 e. The van der Waals surface area contributed by atoms with Crippen LogP contribution >= 0.6 is 0 Å². The van der Waals surface area contributed by atoms with E-state index in [-0.39, 0.29) is 11.6 Å². The maximum absolute atomic E-state index is 10.7. The van der Waals surface area contributed by atoms with E-state index in [1.807, 2.05) is 4.72 Å². The number of anilines is 1. The van der Waals surface area contributed by atoms with Crippen molar-refractivity contribution in [1.82, 2.24) is 5.16 Å². The number of amides is 1. The van der Waals surface area contributed by atoms with Crippen LogP contribution in [-0.4, -0.2) is 25.7 Å². The molecule has 0 fully saturated rings. The maximum Gasteiger partial charge on any atom is 0.287 e. The van der Waals surface area contributed by atoms with E-state index in [4.69, 9.17) is 5.73 Å². The highest BCUT2D eigenvalue weighted by atomic mass is 32.2. The van der Waals surface area contributed by atoms with Crippen LogP contribution < -0.4 is 10.5 Å². The van der Waals surface area contributed by atoms with Crippen molar-refractivity contribution in [1.29, 1.82) is 0 Å². The summed E-state index contributed by atoms with van der Waals surface area (Å²) in [4.78, 5) is 10.5. The molecule has 8 heteroatoms. The summed E-state index contributed by atoms with van der Waals surface area (Å²) in [6.07, 6.45) is 0.950. The van der Waals surface area contributed by atoms with E-state index in [0.717, 1.165) is 12.3 Å². The van der Waals surface area contributed by atoms with Gasteiger partial charge in [0.15, 0.2) is 5.82 Å². The number of nitrogens with one attached hydrogen (secondary N) is 1. The SMILES string of the molecule is CS(=O)(=O)Nc1cc(C(N)=O)on1. The van der Waals surface area contributed by atoms with Gasteiger partial charge in [-0.1, -0.05) is 5.16 Å². The molecule has 0 aliphatic rings. The van der Waals surface area contributed by atoms with Crippen LogP contribution in [0.15, 0.2) is 10.6 Å². The van der Waals surface area contributed by atoms with Gasteiger partial charge in [-0.25, -0.2) is 8.42 Å². The predicted molar refractivity (Wildman–Crippen MR) is 43.5 cm³/mol. The smallest absolute Gasteiger partial charge is 0.287 e. The molecule has 1 amide bonds. The number of nitrogens with two attached hydrogens (primary N) is 1. The lowest BCUT2D eigenvalue weighted by Crippen LogP contribution is -2.10. The minimum absolute atomic E-state index is 0.0729. The predicted octanol–water partition coefficient (Wildman–Crippen LogP) is -0.855. The summed E-state index contributed by atoms with van der Waals surface area (Å²) in [5.41, 5.74) is 4.84. The van der Waals surface area contributed by atoms with Gasteiger partial charge < -0.3 is 10.3 Å². The number of hydrogen-bond acceptors (Lipinski definition) is 5. The Kier molecular flexibility index (Phi) is 2.24. The zero-order chi connectivity index (χ0) is 10.1. The first-order valence-corrected chi connectivity index (χ1v) is 5.02. The third kappa shape index (κ3) is 2.75. The fourth-order valence-electron chi connectivity index (χ4n) is 0.629. The average Bonchev–Trinajstić information content (AvgIpc) is 2.31. The summed E-state index contributed by atoms with van der Waals surface area (Å²) in [6.45, 7) is 0. The molecule has 0 aliphatic heterocycles. The molecule has 0 aromatic carbocycles. The molecule has 0 unspecified atom stereocenters. The Morgan fingerprint density at radius 1 is 1.69 bits per heavy atom. The molecule has 13 heavy (non-hydrogen) atoms. The third-order valence-electron chi connectivity index (χ3n) is 1.04. The second kappa shape index (κ2) is 3.05. The van der Waals surface area contributed by atoms with E-state index >= 15 is 0 Å². The average molecular weight is 205 g/mol. The van der Waals surface area contributed by atoms with Crippen LogP contribution in [0.25, 0.3) is 0 Å². The molecule has 0 atom stereocenters. The molecule has 0 aliphatic carbocycles. The van der Waals surface area contributed by atoms with Gasteiger partial charge in [-0.2, -0.15) is 0 Å². The number of sulfonamides is 1. The van der Waals surface area contributed by atoms with Gasteiger partial charge in [0.05, 0.1) is 6.26 Å². The molecular formula is C5H7N3O4S. The molecule has 1 heterocycles. The quantitative estimate of drug-likeness (QED) is 0.666. The first-order valence-electron chi connectivity index (χ1n) is 3.13. The lowest BCUT2D eigenvalue weighted by molar-refractivity contribution is 0.0965. The molecule has 7 nitrogen and oxygen atoms in total. The van der Waals surface area contributed by atoms with E-state index in [1.165, 1.54) is 0 Å². The normalized spacial score (nSPS) is 11.2. The number of aromatic nitrogens is 1. The van der Waals surface area contributed by atoms with Crippen LogP contribution in [0, 0.1) is 0 Å². The highest BCUT2D eigenvalue weighted by Gasteiger charge is 2.11. The van der Waals surface area contributed by atoms with Crippen molar-refractivity contribution in [2.75, 3.05) is 11.0 Å². The molecular weight excluding hydrogens is 198 g/mol. The Labute approximate surface area is 73.9 Å². The van der Waals surface area contributed by atoms with Crippen molar-refractivity contribution in [3.05, 3.63) is 11.8 Å². The van der Waals surface area contributed by atoms with Crippen LogP contribution in [0.3, 0.4) is 0 Å². The monoisotopic (exact) mass is 205 g/mol. The summed E-state index contributed by atoms with van der Waals surface area (Å²) in [7, 11) is -3.41. The van der Waals surface area contributed by atoms with Gasteiger partial charge in [0, 0.05) is 6.07 Å². The van der Waals surface area contributed by atoms with E-state index in [0.29, 0.717) is 0 Å². The number of carbonyl (C=O) groups is 1. The molecule has 0 saturated carbocycles. The molecule has 1 aromatic rings. The van der Waals surface area contributed by atoms with Crippen molar-refractivity contribution >= 4 is 21.7 Å². The van der Waals surface area contributed by atoms with Gasteiger partial charge in [-0.05, 0) is 0 Å². The number of nitrogens with zero attached hydrogens (tertiary/aromatic N) is 1. The lowest BCUT2D eigenvalue weighted by Gasteiger charge is -1.94. The van der Waals surface area contributed by atoms with Gasteiger partial charge in [-0.15, -0.1) is 0 Å². The Morgan fingerprint density at radius 3 is 2.69 bits per heavy atom. The van der Waals surface area contributed by atoms with Crippen LogP contribution in [0.5, 0.6) is 0 Å². The van der Waals surface area contributed by atoms with Gasteiger partial charge in [0.2, 0.25) is 15.8 Å². The topological polar surface area (TPSA) is 115 Å². The highest BCUT2D eigenvalue weighted by molar-refractivity contribution is 7.92. The fourth-order valence-corrected chi connectivity index (χ4v) is 1.11. The molecule has 3 N–H and O–H groups in total. The van der Waals surface area contributed by atoms with Crippen molar-refractivity contribution in [3.63, 3.8) is 0 Å². The Hall–Kier alpha value is -1.57. The van der Waals surface area contributed by atoms with Gasteiger partial charge in [-0.3, -0.25) is 9.52 Å². The molecule has 72 valence electrons. The molecule has 0 bridgehead atoms. The van der Waals surface area contributed by atoms with Crippen molar-refractivity contribution in [2.24, 2.45) is 5.73 Å². The van der Waals surface area contributed by atoms with Crippen LogP contribution in [0.2, 0.25) is 0 Å². The van der Waals surface area contributed by atoms with Crippen molar-refractivity contribution < 1.29 is 17.7 Å². The highest BCUT2D eigenvalue weighted by Crippen LogP contribution is 2.08. The number of hydrogen-bond donors (Lipinski definition) is 2. The van der Waals surface area contributed by atoms with E-state index in [2.05, 4.69) is 9.68 Å². The Bertz CT molecular complexity index is 421. The van der Waals surface area contributed by atoms with E-state index < -0.39 is 15.9 Å². The molecule has 0 spiro atoms. The minimum atomic E-state index is -3.41. The van der Waals surface area contributed by atoms with Crippen LogP contribution in [0.4, 0.5) is 5.82 Å². The van der Waals surface area contributed by atoms with E-state index in [9.17, 15) is 13.2 Å². The summed E-state index contributed by atoms with van der Waals surface area (Å²) in [6, 6.07) is 1.10. The summed E-state index contributed by atoms with van der Waals surface area (Å²) in [5.74, 6) is -1.09. The first-order chi connectivity index (χ1) is 5.88. The zero-order valence-corrected chi connectivity index (χ0v) is 7.46. The molecule has 1 rings (SSSR count). The molecule has 0 radical (unpaired) electrons. The number of primary amides is 1. The van der Waals surface area contributed by atoms with Gasteiger partial charge in [0.25, 0.3) is 5.91 Å². The van der Waals surface area contributed by atoms with Gasteiger partial charge in [0.1, 0.15) is 0 Å². The zero-order valence-electron chi connectivity index (χ0n) is 6.64. The summed E-state index contributed by atoms with van der Waals surface area (Å²) < 4.78 is 27.8. The van der Waals surface area contributed by atoms with Crippen molar-refractivity contribution in [3.8, 4) is 0 Å². The Balaban J connectivity index is 2.87. The Morgan fingerprint density at radius 2 is 2.31 bits per heavy atom. The van der Waals surface area contributed by atoms with Gasteiger partial charge >= 0.3 is 0 Å². The number of carbonyl (C=O) groups excluding carboxylic acids is 1. The minimum Gasteiger partial charge on any atom is -0.363 e. The fraction of sp³-hybridized carbons (Fsp3) is 0.200. The van der Waals surface area contributed by atoms with Crippen LogP contribution in [-0.2, 0) is 10.0 Å². The summed E-state index contributed by atoms with van der Waals surface area (Å²) >= 11 is 0. The molecule has 1 aromatic heterocycles. The first kappa shape index (κ1) is 9.52. The van der Waals surface area contributed by atoms with E-state index in [1.54, 1.807) is 0 Å². The molecule has 0 saturated heterocycles. The second-order valence-corrected chi connectivity index (χ2v) is 4.06. The number of rotatable bonds is 3. The maximum atomic E-state index is 10.7.